The number of hydrogen-bond donors (Lipinski definition) is 1. The molecule has 0 saturated heterocycles. The molecule has 3 rings (SSSR count). The average Bonchev–Trinajstić information content (AvgIpc) is 3.01. The summed E-state index contributed by atoms with van der Waals surface area (Å²) in [6.07, 6.45) is 2.26. The molecular weight excluding hydrogens is 414 g/mol. The zero-order chi connectivity index (χ0) is 22.6. The number of likely N-dealkylation sites (N-methyl/N-ethyl adjacent to an activating group) is 1. The van der Waals surface area contributed by atoms with Gasteiger partial charge in [-0.15, -0.1) is 0 Å². The standard InChI is InChI=1S/C23H29N3O4S/c1-5-6-10-19(24-22-18-9-7-8-11-21(18)31(28,29)25-22)23(27)26(3)15-17-14-16(2)12-13-20(17)30-4/h7-9,11-14,19H,5-6,10,15H2,1-4H3,(H,24,25). The first kappa shape index (κ1) is 22.8. The summed E-state index contributed by atoms with van der Waals surface area (Å²) in [5.41, 5.74) is 2.49. The smallest absolute Gasteiger partial charge is 0.263 e. The highest BCUT2D eigenvalue weighted by atomic mass is 32.2. The maximum atomic E-state index is 13.3. The van der Waals surface area contributed by atoms with Crippen LogP contribution in [0.5, 0.6) is 5.75 Å². The van der Waals surface area contributed by atoms with E-state index in [2.05, 4.69) is 9.71 Å². The Hall–Kier alpha value is -2.87. The van der Waals surface area contributed by atoms with Crippen LogP contribution in [0.15, 0.2) is 52.4 Å². The lowest BCUT2D eigenvalue weighted by molar-refractivity contribution is -0.131. The van der Waals surface area contributed by atoms with Crippen LogP contribution in [-0.2, 0) is 21.4 Å². The van der Waals surface area contributed by atoms with Gasteiger partial charge in [0.25, 0.3) is 10.0 Å². The van der Waals surface area contributed by atoms with Crippen LogP contribution in [0.3, 0.4) is 0 Å². The summed E-state index contributed by atoms with van der Waals surface area (Å²) in [6, 6.07) is 11.8. The summed E-state index contributed by atoms with van der Waals surface area (Å²) < 4.78 is 32.7. The highest BCUT2D eigenvalue weighted by Gasteiger charge is 2.32. The first-order valence-corrected chi connectivity index (χ1v) is 11.8. The molecule has 0 saturated carbocycles. The van der Waals surface area contributed by atoms with E-state index in [-0.39, 0.29) is 16.6 Å². The molecule has 1 amide bonds. The third-order valence-electron chi connectivity index (χ3n) is 5.28. The lowest BCUT2D eigenvalue weighted by Crippen LogP contribution is -2.37. The monoisotopic (exact) mass is 443 g/mol. The summed E-state index contributed by atoms with van der Waals surface area (Å²) in [7, 11) is -0.312. The molecule has 1 N–H and O–H groups in total. The second-order valence-corrected chi connectivity index (χ2v) is 9.40. The van der Waals surface area contributed by atoms with Crippen molar-refractivity contribution in [3.05, 3.63) is 59.2 Å². The highest BCUT2D eigenvalue weighted by Crippen LogP contribution is 2.25. The van der Waals surface area contributed by atoms with Gasteiger partial charge in [-0.25, -0.2) is 8.42 Å². The number of hydrogen-bond acceptors (Lipinski definition) is 5. The molecule has 31 heavy (non-hydrogen) atoms. The number of nitrogens with one attached hydrogen (secondary N) is 1. The van der Waals surface area contributed by atoms with E-state index in [0.29, 0.717) is 18.5 Å². The van der Waals surface area contributed by atoms with E-state index in [4.69, 9.17) is 4.74 Å². The highest BCUT2D eigenvalue weighted by molar-refractivity contribution is 7.90. The van der Waals surface area contributed by atoms with Gasteiger partial charge in [-0.1, -0.05) is 49.6 Å². The minimum atomic E-state index is -3.65. The van der Waals surface area contributed by atoms with Crippen LogP contribution in [0.1, 0.15) is 42.9 Å². The predicted octanol–water partition coefficient (Wildman–Crippen LogP) is 3.26. The third-order valence-corrected chi connectivity index (χ3v) is 6.68. The van der Waals surface area contributed by atoms with Crippen molar-refractivity contribution in [2.75, 3.05) is 14.2 Å². The van der Waals surface area contributed by atoms with Crippen LogP contribution >= 0.6 is 0 Å². The number of amides is 1. The number of carbonyl (C=O) groups excluding carboxylic acids is 1. The minimum Gasteiger partial charge on any atom is -0.496 e. The summed E-state index contributed by atoms with van der Waals surface area (Å²) in [6.45, 7) is 4.41. The fourth-order valence-electron chi connectivity index (χ4n) is 3.65. The van der Waals surface area contributed by atoms with E-state index < -0.39 is 16.1 Å². The summed E-state index contributed by atoms with van der Waals surface area (Å²) in [5.74, 6) is 0.791. The van der Waals surface area contributed by atoms with Crippen molar-refractivity contribution in [1.29, 1.82) is 0 Å². The number of benzene rings is 2. The van der Waals surface area contributed by atoms with Gasteiger partial charge in [0, 0.05) is 24.7 Å². The Kier molecular flexibility index (Phi) is 7.00. The molecule has 166 valence electrons. The molecule has 0 radical (unpaired) electrons. The van der Waals surface area contributed by atoms with Gasteiger partial charge >= 0.3 is 0 Å². The summed E-state index contributed by atoms with van der Waals surface area (Å²) in [4.78, 5) is 19.7. The first-order valence-electron chi connectivity index (χ1n) is 10.3. The van der Waals surface area contributed by atoms with E-state index >= 15 is 0 Å². The molecule has 1 heterocycles. The lowest BCUT2D eigenvalue weighted by Gasteiger charge is -2.23. The molecule has 0 aromatic heterocycles. The fourth-order valence-corrected chi connectivity index (χ4v) is 4.88. The number of fused-ring (bicyclic) bond motifs is 1. The van der Waals surface area contributed by atoms with Crippen molar-refractivity contribution < 1.29 is 17.9 Å². The topological polar surface area (TPSA) is 88.1 Å². The predicted molar refractivity (Wildman–Crippen MR) is 121 cm³/mol. The van der Waals surface area contributed by atoms with Gasteiger partial charge in [0.2, 0.25) is 5.91 Å². The molecule has 2 aromatic carbocycles. The van der Waals surface area contributed by atoms with Crippen LogP contribution < -0.4 is 9.46 Å². The van der Waals surface area contributed by atoms with Gasteiger partial charge in [-0.2, -0.15) is 0 Å². The van der Waals surface area contributed by atoms with Crippen molar-refractivity contribution in [2.24, 2.45) is 4.99 Å². The Morgan fingerprint density at radius 1 is 1.23 bits per heavy atom. The number of unbranched alkanes of at least 4 members (excludes halogenated alkanes) is 1. The van der Waals surface area contributed by atoms with Gasteiger partial charge in [-0.3, -0.25) is 14.5 Å². The largest absolute Gasteiger partial charge is 0.496 e. The lowest BCUT2D eigenvalue weighted by atomic mass is 10.1. The Balaban J connectivity index is 1.88. The van der Waals surface area contributed by atoms with Gasteiger partial charge < -0.3 is 9.64 Å². The molecule has 2 aromatic rings. The number of sulfonamides is 1. The molecule has 0 aliphatic carbocycles. The Bertz CT molecular complexity index is 1100. The first-order chi connectivity index (χ1) is 14.8. The molecule has 1 aliphatic heterocycles. The SMILES string of the molecule is CCCCC(N=C1NS(=O)(=O)c2ccccc21)C(=O)N(C)Cc1cc(C)ccc1OC. The Labute approximate surface area is 184 Å². The minimum absolute atomic E-state index is 0.159. The van der Waals surface area contributed by atoms with Crippen LogP contribution in [0, 0.1) is 6.92 Å². The van der Waals surface area contributed by atoms with E-state index in [9.17, 15) is 13.2 Å². The molecule has 1 aliphatic rings. The Morgan fingerprint density at radius 2 is 1.97 bits per heavy atom. The second kappa shape index (κ2) is 9.51. The van der Waals surface area contributed by atoms with Gasteiger partial charge in [0.1, 0.15) is 17.6 Å². The molecule has 7 nitrogen and oxygen atoms in total. The van der Waals surface area contributed by atoms with Crippen LogP contribution in [-0.4, -0.2) is 45.3 Å². The number of nitrogens with zero attached hydrogens (tertiary/aromatic N) is 2. The number of aliphatic imine (C=N–C) groups is 1. The number of amidine groups is 1. The van der Waals surface area contributed by atoms with Gasteiger partial charge in [0.05, 0.1) is 12.0 Å². The van der Waals surface area contributed by atoms with Crippen LogP contribution in [0.25, 0.3) is 0 Å². The van der Waals surface area contributed by atoms with E-state index in [1.807, 2.05) is 32.0 Å². The molecule has 1 unspecified atom stereocenters. The number of methoxy groups -OCH3 is 1. The number of aryl methyl sites for hydroxylation is 1. The quantitative estimate of drug-likeness (QED) is 0.678. The molecule has 1 atom stereocenters. The van der Waals surface area contributed by atoms with Gasteiger partial charge in [-0.05, 0) is 31.5 Å². The van der Waals surface area contributed by atoms with E-state index in [1.54, 1.807) is 43.3 Å². The van der Waals surface area contributed by atoms with Crippen LogP contribution in [0.4, 0.5) is 0 Å². The molecule has 0 bridgehead atoms. The zero-order valence-corrected chi connectivity index (χ0v) is 19.2. The Morgan fingerprint density at radius 3 is 2.68 bits per heavy atom. The van der Waals surface area contributed by atoms with Crippen molar-refractivity contribution >= 4 is 21.8 Å². The molecule has 0 fully saturated rings. The maximum Gasteiger partial charge on any atom is 0.263 e. The number of rotatable bonds is 8. The fraction of sp³-hybridized carbons (Fsp3) is 0.391. The normalized spacial score (nSPS) is 16.5. The van der Waals surface area contributed by atoms with Crippen molar-refractivity contribution in [3.8, 4) is 5.75 Å². The van der Waals surface area contributed by atoms with Gasteiger partial charge in [0.15, 0.2) is 0 Å². The number of carbonyl (C=O) groups is 1. The van der Waals surface area contributed by atoms with E-state index in [1.165, 1.54) is 0 Å². The zero-order valence-electron chi connectivity index (χ0n) is 18.4. The molecule has 0 spiro atoms. The second-order valence-electron chi connectivity index (χ2n) is 7.75. The molecular formula is C23H29N3O4S. The van der Waals surface area contributed by atoms with Crippen molar-refractivity contribution in [3.63, 3.8) is 0 Å². The van der Waals surface area contributed by atoms with E-state index in [0.717, 1.165) is 29.7 Å². The van der Waals surface area contributed by atoms with Crippen molar-refractivity contribution in [2.45, 2.75) is 50.6 Å². The van der Waals surface area contributed by atoms with Crippen molar-refractivity contribution in [1.82, 2.24) is 9.62 Å². The summed E-state index contributed by atoms with van der Waals surface area (Å²) >= 11 is 0. The number of ether oxygens (including phenoxy) is 1. The average molecular weight is 444 g/mol. The molecule has 8 heteroatoms. The van der Waals surface area contributed by atoms with Crippen LogP contribution in [0.2, 0.25) is 0 Å². The summed E-state index contributed by atoms with van der Waals surface area (Å²) in [5, 5.41) is 0. The maximum absolute atomic E-state index is 13.3. The third kappa shape index (κ3) is 5.07.